The van der Waals surface area contributed by atoms with Crippen molar-refractivity contribution in [3.05, 3.63) is 35.4 Å². The van der Waals surface area contributed by atoms with Crippen LogP contribution in [-0.4, -0.2) is 0 Å². The van der Waals surface area contributed by atoms with Crippen molar-refractivity contribution in [3.63, 3.8) is 0 Å². The standard InChI is InChI=1S/C8H10.C2H6.FH/c1-7-3-5-8(2)6-4-7;1-2;/h3-6H,1-2H3;1-2H3;1H. The molecule has 0 unspecified atom stereocenters. The fraction of sp³-hybridized carbons (Fsp3) is 0.400. The summed E-state index contributed by atoms with van der Waals surface area (Å²) in [6, 6.07) is 8.48. The van der Waals surface area contributed by atoms with E-state index in [1.807, 2.05) is 13.8 Å². The lowest BCUT2D eigenvalue weighted by molar-refractivity contribution is 1.11. The van der Waals surface area contributed by atoms with Gasteiger partial charge in [-0.3, -0.25) is 4.70 Å². The van der Waals surface area contributed by atoms with Crippen molar-refractivity contribution in [3.8, 4) is 0 Å². The summed E-state index contributed by atoms with van der Waals surface area (Å²) in [5, 5.41) is 0. The van der Waals surface area contributed by atoms with Crippen LogP contribution in [0.1, 0.15) is 25.0 Å². The van der Waals surface area contributed by atoms with Crippen molar-refractivity contribution in [2.45, 2.75) is 27.7 Å². The molecular weight excluding hydrogens is 139 g/mol. The molecule has 0 amide bonds. The van der Waals surface area contributed by atoms with E-state index in [9.17, 15) is 0 Å². The van der Waals surface area contributed by atoms with Gasteiger partial charge in [0.05, 0.1) is 0 Å². The monoisotopic (exact) mass is 156 g/mol. The quantitative estimate of drug-likeness (QED) is 0.539. The maximum absolute atomic E-state index is 2.12. The summed E-state index contributed by atoms with van der Waals surface area (Å²) >= 11 is 0. The van der Waals surface area contributed by atoms with E-state index in [1.165, 1.54) is 11.1 Å². The molecular formula is C10H17F. The molecule has 1 rings (SSSR count). The molecule has 1 heteroatoms. The average Bonchev–Trinajstić information content (AvgIpc) is 2.00. The van der Waals surface area contributed by atoms with Gasteiger partial charge in [-0.1, -0.05) is 49.2 Å². The van der Waals surface area contributed by atoms with Crippen LogP contribution in [0.3, 0.4) is 0 Å². The third kappa shape index (κ3) is 5.59. The van der Waals surface area contributed by atoms with Gasteiger partial charge >= 0.3 is 0 Å². The van der Waals surface area contributed by atoms with E-state index in [0.717, 1.165) is 0 Å². The summed E-state index contributed by atoms with van der Waals surface area (Å²) in [6.45, 7) is 8.19. The van der Waals surface area contributed by atoms with Gasteiger partial charge in [0.1, 0.15) is 0 Å². The lowest BCUT2D eigenvalue weighted by Gasteiger charge is -1.90. The number of benzene rings is 1. The van der Waals surface area contributed by atoms with Crippen LogP contribution in [0.25, 0.3) is 0 Å². The minimum absolute atomic E-state index is 0. The second-order valence-corrected chi connectivity index (χ2v) is 2.15. The van der Waals surface area contributed by atoms with Crippen LogP contribution >= 0.6 is 0 Å². The van der Waals surface area contributed by atoms with Gasteiger partial charge in [0.15, 0.2) is 0 Å². The Balaban J connectivity index is 0. The van der Waals surface area contributed by atoms with Gasteiger partial charge in [-0.05, 0) is 13.8 Å². The molecule has 0 aliphatic carbocycles. The highest BCUT2D eigenvalue weighted by molar-refractivity contribution is 5.19. The molecule has 0 fully saturated rings. The van der Waals surface area contributed by atoms with Crippen molar-refractivity contribution < 1.29 is 4.70 Å². The molecule has 0 aliphatic rings. The van der Waals surface area contributed by atoms with Crippen LogP contribution in [0, 0.1) is 13.8 Å². The first-order chi connectivity index (χ1) is 4.79. The van der Waals surface area contributed by atoms with Gasteiger partial charge in [-0.15, -0.1) is 0 Å². The predicted molar refractivity (Wildman–Crippen MR) is 49.8 cm³/mol. The lowest BCUT2D eigenvalue weighted by atomic mass is 10.2. The number of rotatable bonds is 0. The predicted octanol–water partition coefficient (Wildman–Crippen LogP) is 3.48. The van der Waals surface area contributed by atoms with Crippen molar-refractivity contribution in [1.82, 2.24) is 0 Å². The molecule has 0 nitrogen and oxygen atoms in total. The van der Waals surface area contributed by atoms with Crippen LogP contribution < -0.4 is 0 Å². The Labute approximate surface area is 68.6 Å². The Morgan fingerprint density at radius 2 is 0.909 bits per heavy atom. The summed E-state index contributed by atoms with van der Waals surface area (Å²) < 4.78 is 0. The first-order valence-electron chi connectivity index (χ1n) is 3.82. The maximum Gasteiger partial charge on any atom is -0.0398 e. The minimum Gasteiger partial charge on any atom is -0.269 e. The average molecular weight is 156 g/mol. The fourth-order valence-electron chi connectivity index (χ4n) is 0.637. The van der Waals surface area contributed by atoms with Crippen LogP contribution in [-0.2, 0) is 0 Å². The van der Waals surface area contributed by atoms with Crippen LogP contribution in [0.4, 0.5) is 4.70 Å². The van der Waals surface area contributed by atoms with E-state index in [4.69, 9.17) is 0 Å². The zero-order chi connectivity index (χ0) is 7.98. The van der Waals surface area contributed by atoms with Gasteiger partial charge in [-0.2, -0.15) is 0 Å². The molecule has 0 heterocycles. The summed E-state index contributed by atoms with van der Waals surface area (Å²) in [7, 11) is 0. The molecule has 1 aromatic rings. The third-order valence-corrected chi connectivity index (χ3v) is 1.22. The summed E-state index contributed by atoms with van der Waals surface area (Å²) in [4.78, 5) is 0. The molecule has 0 N–H and O–H groups in total. The fourth-order valence-corrected chi connectivity index (χ4v) is 0.637. The van der Waals surface area contributed by atoms with E-state index in [0.29, 0.717) is 0 Å². The molecule has 0 atom stereocenters. The van der Waals surface area contributed by atoms with Crippen LogP contribution in [0.5, 0.6) is 0 Å². The molecule has 0 aromatic heterocycles. The largest absolute Gasteiger partial charge is 0.269 e. The van der Waals surface area contributed by atoms with Gasteiger partial charge in [-0.25, -0.2) is 0 Å². The van der Waals surface area contributed by atoms with Gasteiger partial charge < -0.3 is 0 Å². The molecule has 1 aromatic carbocycles. The lowest BCUT2D eigenvalue weighted by Crippen LogP contribution is -1.70. The molecule has 0 aliphatic heterocycles. The number of aryl methyl sites for hydroxylation is 2. The van der Waals surface area contributed by atoms with Gasteiger partial charge in [0, 0.05) is 0 Å². The molecule has 0 saturated heterocycles. The Morgan fingerprint density at radius 3 is 1.09 bits per heavy atom. The topological polar surface area (TPSA) is 0 Å². The van der Waals surface area contributed by atoms with Crippen LogP contribution in [0.15, 0.2) is 24.3 Å². The second kappa shape index (κ2) is 7.26. The Bertz CT molecular complexity index is 144. The molecule has 11 heavy (non-hydrogen) atoms. The van der Waals surface area contributed by atoms with E-state index in [2.05, 4.69) is 38.1 Å². The van der Waals surface area contributed by atoms with Crippen molar-refractivity contribution in [2.24, 2.45) is 0 Å². The normalized spacial score (nSPS) is 7.27. The van der Waals surface area contributed by atoms with Crippen LogP contribution in [0.2, 0.25) is 0 Å². The van der Waals surface area contributed by atoms with E-state index >= 15 is 0 Å². The van der Waals surface area contributed by atoms with Crippen molar-refractivity contribution >= 4 is 0 Å². The first kappa shape index (κ1) is 12.8. The Morgan fingerprint density at radius 1 is 0.727 bits per heavy atom. The number of halogens is 1. The highest BCUT2D eigenvalue weighted by Gasteiger charge is 1.79. The highest BCUT2D eigenvalue weighted by Crippen LogP contribution is 1.99. The van der Waals surface area contributed by atoms with Gasteiger partial charge in [0.2, 0.25) is 0 Å². The van der Waals surface area contributed by atoms with E-state index in [-0.39, 0.29) is 4.70 Å². The second-order valence-electron chi connectivity index (χ2n) is 2.15. The third-order valence-electron chi connectivity index (χ3n) is 1.22. The highest BCUT2D eigenvalue weighted by atomic mass is 19.0. The van der Waals surface area contributed by atoms with Crippen molar-refractivity contribution in [2.75, 3.05) is 0 Å². The molecule has 64 valence electrons. The van der Waals surface area contributed by atoms with Crippen molar-refractivity contribution in [1.29, 1.82) is 0 Å². The summed E-state index contributed by atoms with van der Waals surface area (Å²) in [5.74, 6) is 0. The number of hydrogen-bond donors (Lipinski definition) is 0. The maximum atomic E-state index is 2.12. The zero-order valence-electron chi connectivity index (χ0n) is 7.72. The Kier molecular flexibility index (Phi) is 8.44. The van der Waals surface area contributed by atoms with Gasteiger partial charge in [0.25, 0.3) is 0 Å². The van der Waals surface area contributed by atoms with E-state index in [1.54, 1.807) is 0 Å². The Hall–Kier alpha value is -0.850. The smallest absolute Gasteiger partial charge is 0.0398 e. The summed E-state index contributed by atoms with van der Waals surface area (Å²) in [6.07, 6.45) is 0. The SMILES string of the molecule is CC.Cc1ccc(C)cc1.F. The van der Waals surface area contributed by atoms with E-state index < -0.39 is 0 Å². The molecule has 0 spiro atoms. The molecule has 0 saturated carbocycles. The zero-order valence-corrected chi connectivity index (χ0v) is 7.72. The first-order valence-corrected chi connectivity index (χ1v) is 3.82. The molecule has 0 radical (unpaired) electrons. The summed E-state index contributed by atoms with van der Waals surface area (Å²) in [5.41, 5.74) is 2.66. The minimum atomic E-state index is 0. The number of hydrogen-bond acceptors (Lipinski definition) is 0. The molecule has 0 bridgehead atoms.